The highest BCUT2D eigenvalue weighted by Crippen LogP contribution is 2.14. The smallest absolute Gasteiger partial charge is 0.0624 e. The van der Waals surface area contributed by atoms with Crippen molar-refractivity contribution in [1.29, 1.82) is 0 Å². The largest absolute Gasteiger partial charge is 0.306 e. The van der Waals surface area contributed by atoms with Crippen molar-refractivity contribution in [2.75, 3.05) is 26.7 Å². The van der Waals surface area contributed by atoms with Crippen LogP contribution < -0.4 is 5.32 Å². The third kappa shape index (κ3) is 2.11. The molecule has 2 rings (SSSR count). The van der Waals surface area contributed by atoms with Gasteiger partial charge in [0.25, 0.3) is 0 Å². The van der Waals surface area contributed by atoms with E-state index in [-0.39, 0.29) is 0 Å². The van der Waals surface area contributed by atoms with Crippen molar-refractivity contribution >= 4 is 0 Å². The number of piperazine rings is 1. The van der Waals surface area contributed by atoms with Gasteiger partial charge in [-0.05, 0) is 25.6 Å². The van der Waals surface area contributed by atoms with Crippen LogP contribution in [0.4, 0.5) is 0 Å². The number of nitrogens with one attached hydrogen (secondary N) is 1. The number of hydrogen-bond donors (Lipinski definition) is 1. The Labute approximate surface area is 85.1 Å². The van der Waals surface area contributed by atoms with Crippen LogP contribution in [0.15, 0.2) is 18.3 Å². The minimum atomic E-state index is 0.398. The summed E-state index contributed by atoms with van der Waals surface area (Å²) in [6, 6.07) is 4.64. The maximum atomic E-state index is 4.45. The molecule has 1 N–H and O–H groups in total. The highest BCUT2D eigenvalue weighted by molar-refractivity contribution is 5.15. The molecule has 1 fully saturated rings. The molecule has 1 unspecified atom stereocenters. The summed E-state index contributed by atoms with van der Waals surface area (Å²) in [5, 5.41) is 3.48. The standard InChI is InChI=1S/C11H17N3/c1-9-3-4-10(13-7-9)11-8-14(2)6-5-12-11/h3-4,7,11-12H,5-6,8H2,1-2H3. The van der Waals surface area contributed by atoms with E-state index in [1.54, 1.807) is 0 Å². The molecule has 76 valence electrons. The molecule has 0 radical (unpaired) electrons. The van der Waals surface area contributed by atoms with E-state index < -0.39 is 0 Å². The molecule has 0 aromatic carbocycles. The van der Waals surface area contributed by atoms with E-state index in [2.05, 4.69) is 41.3 Å². The van der Waals surface area contributed by atoms with Crippen LogP contribution in [0.2, 0.25) is 0 Å². The van der Waals surface area contributed by atoms with Crippen LogP contribution in [0.25, 0.3) is 0 Å². The minimum absolute atomic E-state index is 0.398. The Hall–Kier alpha value is -0.930. The molecule has 1 saturated heterocycles. The van der Waals surface area contributed by atoms with E-state index >= 15 is 0 Å². The summed E-state index contributed by atoms with van der Waals surface area (Å²) in [4.78, 5) is 6.78. The van der Waals surface area contributed by atoms with E-state index in [0.717, 1.165) is 25.3 Å². The van der Waals surface area contributed by atoms with Gasteiger partial charge in [-0.3, -0.25) is 4.98 Å². The minimum Gasteiger partial charge on any atom is -0.306 e. The Morgan fingerprint density at radius 2 is 2.36 bits per heavy atom. The fourth-order valence-corrected chi connectivity index (χ4v) is 1.78. The molecular formula is C11H17N3. The molecule has 1 atom stereocenters. The summed E-state index contributed by atoms with van der Waals surface area (Å²) >= 11 is 0. The van der Waals surface area contributed by atoms with Gasteiger partial charge in [-0.1, -0.05) is 6.07 Å². The van der Waals surface area contributed by atoms with E-state index in [9.17, 15) is 0 Å². The van der Waals surface area contributed by atoms with Gasteiger partial charge >= 0.3 is 0 Å². The molecule has 3 heteroatoms. The van der Waals surface area contributed by atoms with E-state index in [0.29, 0.717) is 6.04 Å². The van der Waals surface area contributed by atoms with Crippen LogP contribution in [-0.4, -0.2) is 36.6 Å². The van der Waals surface area contributed by atoms with Gasteiger partial charge in [-0.25, -0.2) is 0 Å². The van der Waals surface area contributed by atoms with Crippen molar-refractivity contribution in [3.05, 3.63) is 29.6 Å². The Balaban J connectivity index is 2.10. The number of pyridine rings is 1. The second kappa shape index (κ2) is 4.07. The lowest BCUT2D eigenvalue weighted by Crippen LogP contribution is -2.43. The van der Waals surface area contributed by atoms with Crippen LogP contribution in [0.3, 0.4) is 0 Å². The molecule has 0 aliphatic carbocycles. The summed E-state index contributed by atoms with van der Waals surface area (Å²) in [5.74, 6) is 0. The molecule has 1 aromatic heterocycles. The summed E-state index contributed by atoms with van der Waals surface area (Å²) in [6.45, 7) is 5.30. The van der Waals surface area contributed by atoms with Crippen molar-refractivity contribution in [1.82, 2.24) is 15.2 Å². The maximum absolute atomic E-state index is 4.45. The van der Waals surface area contributed by atoms with Crippen LogP contribution in [0, 0.1) is 6.92 Å². The molecule has 3 nitrogen and oxygen atoms in total. The fourth-order valence-electron chi connectivity index (χ4n) is 1.78. The number of rotatable bonds is 1. The molecule has 14 heavy (non-hydrogen) atoms. The van der Waals surface area contributed by atoms with Crippen LogP contribution in [-0.2, 0) is 0 Å². The predicted molar refractivity (Wildman–Crippen MR) is 57.2 cm³/mol. The van der Waals surface area contributed by atoms with Gasteiger partial charge in [0.2, 0.25) is 0 Å². The van der Waals surface area contributed by atoms with E-state index in [1.807, 2.05) is 6.20 Å². The lowest BCUT2D eigenvalue weighted by atomic mass is 10.1. The number of aromatic nitrogens is 1. The van der Waals surface area contributed by atoms with Gasteiger partial charge in [-0.15, -0.1) is 0 Å². The summed E-state index contributed by atoms with van der Waals surface area (Å²) in [7, 11) is 2.15. The average molecular weight is 191 g/mol. The zero-order chi connectivity index (χ0) is 9.97. The summed E-state index contributed by atoms with van der Waals surface area (Å²) < 4.78 is 0. The second-order valence-electron chi connectivity index (χ2n) is 4.03. The maximum Gasteiger partial charge on any atom is 0.0624 e. The lowest BCUT2D eigenvalue weighted by Gasteiger charge is -2.30. The Morgan fingerprint density at radius 3 is 3.00 bits per heavy atom. The number of nitrogens with zero attached hydrogens (tertiary/aromatic N) is 2. The summed E-state index contributed by atoms with van der Waals surface area (Å²) in [5.41, 5.74) is 2.38. The van der Waals surface area contributed by atoms with Gasteiger partial charge in [0.1, 0.15) is 0 Å². The van der Waals surface area contributed by atoms with Gasteiger partial charge in [-0.2, -0.15) is 0 Å². The Kier molecular flexibility index (Phi) is 2.79. The van der Waals surface area contributed by atoms with Gasteiger partial charge < -0.3 is 10.2 Å². The van der Waals surface area contributed by atoms with Gasteiger partial charge in [0, 0.05) is 25.8 Å². The van der Waals surface area contributed by atoms with Gasteiger partial charge in [0.05, 0.1) is 11.7 Å². The third-order valence-corrected chi connectivity index (χ3v) is 2.67. The van der Waals surface area contributed by atoms with Crippen molar-refractivity contribution < 1.29 is 0 Å². The van der Waals surface area contributed by atoms with Crippen molar-refractivity contribution in [3.8, 4) is 0 Å². The second-order valence-corrected chi connectivity index (χ2v) is 4.03. The van der Waals surface area contributed by atoms with Crippen LogP contribution in [0.1, 0.15) is 17.3 Å². The quantitative estimate of drug-likeness (QED) is 0.717. The van der Waals surface area contributed by atoms with E-state index in [4.69, 9.17) is 0 Å². The SMILES string of the molecule is Cc1ccc(C2CN(C)CCN2)nc1. The van der Waals surface area contributed by atoms with Crippen molar-refractivity contribution in [3.63, 3.8) is 0 Å². The van der Waals surface area contributed by atoms with Crippen molar-refractivity contribution in [2.45, 2.75) is 13.0 Å². The third-order valence-electron chi connectivity index (χ3n) is 2.67. The molecule has 0 saturated carbocycles. The molecule has 0 amide bonds. The number of hydrogen-bond acceptors (Lipinski definition) is 3. The molecule has 0 bridgehead atoms. The first-order valence-corrected chi connectivity index (χ1v) is 5.10. The topological polar surface area (TPSA) is 28.2 Å². The number of aryl methyl sites for hydroxylation is 1. The predicted octanol–water partition coefficient (Wildman–Crippen LogP) is 0.966. The molecule has 1 aromatic rings. The first-order chi connectivity index (χ1) is 6.75. The molecule has 2 heterocycles. The first kappa shape index (κ1) is 9.62. The zero-order valence-electron chi connectivity index (χ0n) is 8.83. The average Bonchev–Trinajstić information content (AvgIpc) is 2.19. The Morgan fingerprint density at radius 1 is 1.50 bits per heavy atom. The highest BCUT2D eigenvalue weighted by Gasteiger charge is 2.18. The fraction of sp³-hybridized carbons (Fsp3) is 0.545. The Bertz CT molecular complexity index is 294. The highest BCUT2D eigenvalue weighted by atomic mass is 15.2. The molecule has 1 aliphatic heterocycles. The van der Waals surface area contributed by atoms with Crippen LogP contribution in [0.5, 0.6) is 0 Å². The monoisotopic (exact) mass is 191 g/mol. The molecular weight excluding hydrogens is 174 g/mol. The normalized spacial score (nSPS) is 23.7. The molecule has 1 aliphatic rings. The van der Waals surface area contributed by atoms with Gasteiger partial charge in [0.15, 0.2) is 0 Å². The van der Waals surface area contributed by atoms with Crippen molar-refractivity contribution in [2.24, 2.45) is 0 Å². The zero-order valence-corrected chi connectivity index (χ0v) is 8.83. The lowest BCUT2D eigenvalue weighted by molar-refractivity contribution is 0.238. The first-order valence-electron chi connectivity index (χ1n) is 5.10. The number of likely N-dealkylation sites (N-methyl/N-ethyl adjacent to an activating group) is 1. The van der Waals surface area contributed by atoms with Crippen LogP contribution >= 0.6 is 0 Å². The van der Waals surface area contributed by atoms with E-state index in [1.165, 1.54) is 5.56 Å². The molecule has 0 spiro atoms. The summed E-state index contributed by atoms with van der Waals surface area (Å²) in [6.07, 6.45) is 1.94.